The summed E-state index contributed by atoms with van der Waals surface area (Å²) >= 11 is 0. The molecule has 0 unspecified atom stereocenters. The van der Waals surface area contributed by atoms with Crippen molar-refractivity contribution in [2.24, 2.45) is 0 Å². The van der Waals surface area contributed by atoms with Crippen molar-refractivity contribution in [1.29, 1.82) is 0 Å². The first-order valence-corrected chi connectivity index (χ1v) is 9.90. The predicted octanol–water partition coefficient (Wildman–Crippen LogP) is 5.95. The maximum atomic E-state index is 13.3. The van der Waals surface area contributed by atoms with E-state index in [-0.39, 0.29) is 5.91 Å². The Morgan fingerprint density at radius 2 is 1.57 bits per heavy atom. The number of ether oxygens (including phenoxy) is 1. The molecule has 1 amide bonds. The summed E-state index contributed by atoms with van der Waals surface area (Å²) in [6, 6.07) is 29.2. The van der Waals surface area contributed by atoms with Crippen LogP contribution in [0.3, 0.4) is 0 Å². The Morgan fingerprint density at radius 1 is 0.833 bits per heavy atom. The van der Waals surface area contributed by atoms with Crippen molar-refractivity contribution in [2.75, 3.05) is 17.7 Å². The molecule has 0 fully saturated rings. The van der Waals surface area contributed by atoms with E-state index in [1.165, 1.54) is 0 Å². The van der Waals surface area contributed by atoms with E-state index in [4.69, 9.17) is 4.74 Å². The molecular weight excluding hydrogens is 372 g/mol. The summed E-state index contributed by atoms with van der Waals surface area (Å²) < 4.78 is 5.42. The fraction of sp³-hybridized carbons (Fsp3) is 0.115. The van der Waals surface area contributed by atoms with E-state index in [1.54, 1.807) is 7.11 Å². The van der Waals surface area contributed by atoms with Crippen LogP contribution in [0.25, 0.3) is 10.8 Å². The van der Waals surface area contributed by atoms with E-state index >= 15 is 0 Å². The molecule has 4 heteroatoms. The third-order valence-corrected chi connectivity index (χ3v) is 5.07. The first-order valence-electron chi connectivity index (χ1n) is 9.90. The lowest BCUT2D eigenvalue weighted by Gasteiger charge is -2.21. The van der Waals surface area contributed by atoms with Crippen molar-refractivity contribution in [3.8, 4) is 5.75 Å². The predicted molar refractivity (Wildman–Crippen MR) is 123 cm³/mol. The van der Waals surface area contributed by atoms with E-state index in [0.29, 0.717) is 11.4 Å². The number of carbonyl (C=O) groups excluding carboxylic acids is 1. The number of fused-ring (bicyclic) bond motifs is 1. The number of methoxy groups -OCH3 is 1. The van der Waals surface area contributed by atoms with Gasteiger partial charge in [0.1, 0.15) is 11.8 Å². The van der Waals surface area contributed by atoms with Crippen molar-refractivity contribution < 1.29 is 9.53 Å². The molecule has 0 aliphatic carbocycles. The Balaban J connectivity index is 1.66. The van der Waals surface area contributed by atoms with Gasteiger partial charge in [0.15, 0.2) is 0 Å². The molecule has 4 rings (SSSR count). The van der Waals surface area contributed by atoms with Crippen LogP contribution in [0.5, 0.6) is 5.75 Å². The Bertz CT molecular complexity index is 1170. The van der Waals surface area contributed by atoms with Gasteiger partial charge in [-0.25, -0.2) is 0 Å². The highest BCUT2D eigenvalue weighted by Crippen LogP contribution is 2.28. The second-order valence-corrected chi connectivity index (χ2v) is 7.24. The van der Waals surface area contributed by atoms with E-state index in [1.807, 2.05) is 73.7 Å². The second kappa shape index (κ2) is 8.70. The summed E-state index contributed by atoms with van der Waals surface area (Å²) in [6.07, 6.45) is 0. The van der Waals surface area contributed by atoms with Crippen molar-refractivity contribution in [3.05, 3.63) is 102 Å². The van der Waals surface area contributed by atoms with Crippen LogP contribution in [0.4, 0.5) is 11.4 Å². The van der Waals surface area contributed by atoms with Crippen molar-refractivity contribution in [2.45, 2.75) is 13.0 Å². The number of hydrogen-bond donors (Lipinski definition) is 2. The highest BCUT2D eigenvalue weighted by molar-refractivity contribution is 5.99. The Hall–Kier alpha value is -3.79. The highest BCUT2D eigenvalue weighted by Gasteiger charge is 2.22. The standard InChI is InChI=1S/C26H24N2O2/c1-18-12-15-24(30-2)23(16-18)28-26(29)25(20-9-4-3-5-10-20)27-22-14-13-19-8-6-7-11-21(19)17-22/h3-17,25,27H,1-2H3,(H,28,29)/t25-/m1/s1. The van der Waals surface area contributed by atoms with Crippen LogP contribution in [0.1, 0.15) is 17.2 Å². The molecule has 0 aromatic heterocycles. The van der Waals surface area contributed by atoms with Gasteiger partial charge in [0.05, 0.1) is 12.8 Å². The average Bonchev–Trinajstić information content (AvgIpc) is 2.78. The molecule has 0 saturated carbocycles. The smallest absolute Gasteiger partial charge is 0.251 e. The third-order valence-electron chi connectivity index (χ3n) is 5.07. The lowest BCUT2D eigenvalue weighted by Crippen LogP contribution is -2.27. The molecule has 2 N–H and O–H groups in total. The number of aryl methyl sites for hydroxylation is 1. The van der Waals surface area contributed by atoms with Crippen LogP contribution in [0.2, 0.25) is 0 Å². The lowest BCUT2D eigenvalue weighted by molar-refractivity contribution is -0.117. The SMILES string of the molecule is COc1ccc(C)cc1NC(=O)[C@H](Nc1ccc2ccccc2c1)c1ccccc1. The zero-order valence-corrected chi connectivity index (χ0v) is 17.1. The normalized spacial score (nSPS) is 11.7. The minimum atomic E-state index is -0.558. The van der Waals surface area contributed by atoms with Gasteiger partial charge in [0.2, 0.25) is 0 Å². The molecule has 0 saturated heterocycles. The molecule has 0 spiro atoms. The first-order chi connectivity index (χ1) is 14.6. The summed E-state index contributed by atoms with van der Waals surface area (Å²) in [4.78, 5) is 13.3. The summed E-state index contributed by atoms with van der Waals surface area (Å²) in [5.74, 6) is 0.477. The number of nitrogens with one attached hydrogen (secondary N) is 2. The molecule has 4 aromatic carbocycles. The van der Waals surface area contributed by atoms with Crippen LogP contribution < -0.4 is 15.4 Å². The molecule has 0 aliphatic rings. The van der Waals surface area contributed by atoms with Crippen LogP contribution >= 0.6 is 0 Å². The zero-order chi connectivity index (χ0) is 20.9. The van der Waals surface area contributed by atoms with Gasteiger partial charge < -0.3 is 15.4 Å². The van der Waals surface area contributed by atoms with E-state index in [9.17, 15) is 4.79 Å². The monoisotopic (exact) mass is 396 g/mol. The third kappa shape index (κ3) is 4.28. The topological polar surface area (TPSA) is 50.4 Å². The van der Waals surface area contributed by atoms with Crippen LogP contribution in [0.15, 0.2) is 91.0 Å². The fourth-order valence-electron chi connectivity index (χ4n) is 3.52. The number of rotatable bonds is 6. The number of hydrogen-bond acceptors (Lipinski definition) is 3. The average molecular weight is 396 g/mol. The highest BCUT2D eigenvalue weighted by atomic mass is 16.5. The number of carbonyl (C=O) groups is 1. The molecular formula is C26H24N2O2. The molecule has 0 aliphatic heterocycles. The van der Waals surface area contributed by atoms with Gasteiger partial charge >= 0.3 is 0 Å². The number of anilines is 2. The zero-order valence-electron chi connectivity index (χ0n) is 17.1. The molecule has 30 heavy (non-hydrogen) atoms. The van der Waals surface area contributed by atoms with Crippen LogP contribution in [-0.4, -0.2) is 13.0 Å². The Labute approximate surface area is 176 Å². The van der Waals surface area contributed by atoms with E-state index < -0.39 is 6.04 Å². The minimum absolute atomic E-state index is 0.154. The molecule has 4 aromatic rings. The summed E-state index contributed by atoms with van der Waals surface area (Å²) in [5, 5.41) is 8.72. The molecule has 0 radical (unpaired) electrons. The Kier molecular flexibility index (Phi) is 5.66. The largest absolute Gasteiger partial charge is 0.495 e. The number of benzene rings is 4. The van der Waals surface area contributed by atoms with Gasteiger partial charge in [-0.3, -0.25) is 4.79 Å². The molecule has 0 bridgehead atoms. The maximum Gasteiger partial charge on any atom is 0.251 e. The summed E-state index contributed by atoms with van der Waals surface area (Å²) in [7, 11) is 1.60. The first kappa shape index (κ1) is 19.5. The van der Waals surface area contributed by atoms with Crippen molar-refractivity contribution in [3.63, 3.8) is 0 Å². The van der Waals surface area contributed by atoms with E-state index in [0.717, 1.165) is 27.6 Å². The van der Waals surface area contributed by atoms with Gasteiger partial charge in [-0.15, -0.1) is 0 Å². The second-order valence-electron chi connectivity index (χ2n) is 7.24. The van der Waals surface area contributed by atoms with Gasteiger partial charge in [-0.2, -0.15) is 0 Å². The quantitative estimate of drug-likeness (QED) is 0.423. The molecule has 4 nitrogen and oxygen atoms in total. The van der Waals surface area contributed by atoms with Crippen molar-refractivity contribution >= 4 is 28.1 Å². The summed E-state index contributed by atoms with van der Waals surface area (Å²) in [6.45, 7) is 1.98. The van der Waals surface area contributed by atoms with Gasteiger partial charge in [-0.1, -0.05) is 66.7 Å². The molecule has 150 valence electrons. The summed E-state index contributed by atoms with van der Waals surface area (Å²) in [5.41, 5.74) is 3.47. The van der Waals surface area contributed by atoms with E-state index in [2.05, 4.69) is 34.9 Å². The fourth-order valence-corrected chi connectivity index (χ4v) is 3.52. The lowest BCUT2D eigenvalue weighted by atomic mass is 10.0. The number of amides is 1. The van der Waals surface area contributed by atoms with Gasteiger partial charge in [-0.05, 0) is 53.1 Å². The van der Waals surface area contributed by atoms with Gasteiger partial charge in [0, 0.05) is 5.69 Å². The van der Waals surface area contributed by atoms with Crippen LogP contribution in [0, 0.1) is 6.92 Å². The van der Waals surface area contributed by atoms with Crippen LogP contribution in [-0.2, 0) is 4.79 Å². The molecule has 1 atom stereocenters. The molecule has 0 heterocycles. The van der Waals surface area contributed by atoms with Crippen molar-refractivity contribution in [1.82, 2.24) is 0 Å². The maximum absolute atomic E-state index is 13.3. The van der Waals surface area contributed by atoms with Gasteiger partial charge in [0.25, 0.3) is 5.91 Å². The minimum Gasteiger partial charge on any atom is -0.495 e. The Morgan fingerprint density at radius 3 is 2.33 bits per heavy atom.